The van der Waals surface area contributed by atoms with Gasteiger partial charge in [-0.25, -0.2) is 0 Å². The molecule has 0 saturated carbocycles. The number of rotatable bonds is 4. The minimum Gasteiger partial charge on any atom is -0.482 e. The fraction of sp³-hybridized carbons (Fsp3) is 0.286. The van der Waals surface area contributed by atoms with Crippen molar-refractivity contribution in [3.8, 4) is 18.1 Å². The lowest BCUT2D eigenvalue weighted by molar-refractivity contribution is -0.122. The van der Waals surface area contributed by atoms with Crippen LogP contribution in [0.5, 0.6) is 5.75 Å². The van der Waals surface area contributed by atoms with E-state index in [2.05, 4.69) is 11.2 Å². The van der Waals surface area contributed by atoms with Crippen molar-refractivity contribution in [2.75, 3.05) is 24.6 Å². The number of anilines is 1. The molecule has 0 spiro atoms. The molecule has 5 nitrogen and oxygen atoms in total. The molecular weight excluding hydrogens is 244 g/mol. The minimum absolute atomic E-state index is 0.00296. The smallest absolute Gasteiger partial charge is 0.265 e. The molecule has 98 valence electrons. The Balaban J connectivity index is 2.02. The zero-order valence-corrected chi connectivity index (χ0v) is 10.4. The average molecular weight is 258 g/mol. The number of amides is 2. The maximum absolute atomic E-state index is 11.8. The highest BCUT2D eigenvalue weighted by Crippen LogP contribution is 2.31. The van der Waals surface area contributed by atoms with Crippen LogP contribution in [0.25, 0.3) is 0 Å². The lowest BCUT2D eigenvalue weighted by Crippen LogP contribution is -2.41. The van der Waals surface area contributed by atoms with E-state index in [1.165, 1.54) is 0 Å². The van der Waals surface area contributed by atoms with Crippen molar-refractivity contribution in [1.82, 2.24) is 5.32 Å². The molecule has 2 amide bonds. The number of benzene rings is 1. The van der Waals surface area contributed by atoms with Crippen molar-refractivity contribution >= 4 is 17.5 Å². The molecule has 0 aliphatic carbocycles. The molecule has 19 heavy (non-hydrogen) atoms. The van der Waals surface area contributed by atoms with Gasteiger partial charge in [0, 0.05) is 13.0 Å². The Morgan fingerprint density at radius 1 is 1.47 bits per heavy atom. The van der Waals surface area contributed by atoms with Crippen LogP contribution in [0.4, 0.5) is 5.69 Å². The van der Waals surface area contributed by atoms with Gasteiger partial charge in [-0.3, -0.25) is 9.59 Å². The van der Waals surface area contributed by atoms with E-state index in [4.69, 9.17) is 11.2 Å². The van der Waals surface area contributed by atoms with Gasteiger partial charge in [0.05, 0.1) is 12.2 Å². The summed E-state index contributed by atoms with van der Waals surface area (Å²) < 4.78 is 5.32. The summed E-state index contributed by atoms with van der Waals surface area (Å²) in [6.07, 6.45) is 5.27. The highest BCUT2D eigenvalue weighted by Gasteiger charge is 2.25. The van der Waals surface area contributed by atoms with Gasteiger partial charge in [-0.05, 0) is 12.1 Å². The molecule has 0 unspecified atom stereocenters. The molecule has 0 aromatic heterocycles. The third kappa shape index (κ3) is 3.05. The number of para-hydroxylation sites is 2. The van der Waals surface area contributed by atoms with Gasteiger partial charge in [-0.1, -0.05) is 18.1 Å². The van der Waals surface area contributed by atoms with Gasteiger partial charge in [0.25, 0.3) is 5.91 Å². The molecule has 1 N–H and O–H groups in total. The maximum atomic E-state index is 11.8. The summed E-state index contributed by atoms with van der Waals surface area (Å²) in [4.78, 5) is 24.9. The fourth-order valence-corrected chi connectivity index (χ4v) is 1.85. The number of fused-ring (bicyclic) bond motifs is 1. The molecule has 0 bridgehead atoms. The van der Waals surface area contributed by atoms with E-state index >= 15 is 0 Å². The summed E-state index contributed by atoms with van der Waals surface area (Å²) in [5, 5.41) is 2.57. The summed E-state index contributed by atoms with van der Waals surface area (Å²) in [5.74, 6) is 2.67. The standard InChI is InChI=1S/C14H14N2O3/c1-2-8-15-13(17)7-9-16-11-5-3-4-6-12(11)19-10-14(16)18/h1,3-6H,7-10H2,(H,15,17). The third-order valence-corrected chi connectivity index (χ3v) is 2.76. The van der Waals surface area contributed by atoms with Crippen molar-refractivity contribution in [2.45, 2.75) is 6.42 Å². The second-order valence-electron chi connectivity index (χ2n) is 4.03. The summed E-state index contributed by atoms with van der Waals surface area (Å²) in [7, 11) is 0. The number of nitrogens with one attached hydrogen (secondary N) is 1. The van der Waals surface area contributed by atoms with E-state index < -0.39 is 0 Å². The van der Waals surface area contributed by atoms with Crippen LogP contribution in [0, 0.1) is 12.3 Å². The number of terminal acetylenes is 1. The van der Waals surface area contributed by atoms with Gasteiger partial charge in [0.1, 0.15) is 5.75 Å². The molecule has 2 rings (SSSR count). The van der Waals surface area contributed by atoms with E-state index in [1.54, 1.807) is 17.0 Å². The normalized spacial score (nSPS) is 13.2. The Morgan fingerprint density at radius 3 is 3.05 bits per heavy atom. The monoisotopic (exact) mass is 258 g/mol. The van der Waals surface area contributed by atoms with Crippen molar-refractivity contribution in [1.29, 1.82) is 0 Å². The number of ether oxygens (including phenoxy) is 1. The SMILES string of the molecule is C#CCNC(=O)CCN1C(=O)COc2ccccc21. The zero-order chi connectivity index (χ0) is 13.7. The second-order valence-corrected chi connectivity index (χ2v) is 4.03. The molecule has 0 atom stereocenters. The maximum Gasteiger partial charge on any atom is 0.265 e. The average Bonchev–Trinajstić information content (AvgIpc) is 2.44. The van der Waals surface area contributed by atoms with E-state index in [1.807, 2.05) is 12.1 Å². The molecule has 1 aromatic rings. The lowest BCUT2D eigenvalue weighted by Gasteiger charge is -2.29. The lowest BCUT2D eigenvalue weighted by atomic mass is 10.2. The van der Waals surface area contributed by atoms with Crippen LogP contribution in [-0.2, 0) is 9.59 Å². The zero-order valence-electron chi connectivity index (χ0n) is 10.4. The van der Waals surface area contributed by atoms with Crippen LogP contribution < -0.4 is 15.0 Å². The van der Waals surface area contributed by atoms with Gasteiger partial charge < -0.3 is 15.0 Å². The van der Waals surface area contributed by atoms with E-state index in [0.717, 1.165) is 0 Å². The summed E-state index contributed by atoms with van der Waals surface area (Å²) in [5.41, 5.74) is 0.698. The van der Waals surface area contributed by atoms with Crippen molar-refractivity contribution in [3.05, 3.63) is 24.3 Å². The van der Waals surface area contributed by atoms with Gasteiger partial charge in [-0.15, -0.1) is 6.42 Å². The van der Waals surface area contributed by atoms with Gasteiger partial charge in [-0.2, -0.15) is 0 Å². The molecule has 1 heterocycles. The van der Waals surface area contributed by atoms with E-state index in [-0.39, 0.29) is 31.4 Å². The predicted octanol–water partition coefficient (Wildman–Crippen LogP) is 0.551. The first-order valence-corrected chi connectivity index (χ1v) is 5.94. The summed E-state index contributed by atoms with van der Waals surface area (Å²) >= 11 is 0. The largest absolute Gasteiger partial charge is 0.482 e. The minimum atomic E-state index is -0.172. The quantitative estimate of drug-likeness (QED) is 0.802. The third-order valence-electron chi connectivity index (χ3n) is 2.76. The highest BCUT2D eigenvalue weighted by atomic mass is 16.5. The van der Waals surface area contributed by atoms with E-state index in [9.17, 15) is 9.59 Å². The van der Waals surface area contributed by atoms with Crippen LogP contribution in [0.3, 0.4) is 0 Å². The van der Waals surface area contributed by atoms with Gasteiger partial charge in [0.15, 0.2) is 6.61 Å². The van der Waals surface area contributed by atoms with Crippen molar-refractivity contribution in [3.63, 3.8) is 0 Å². The Hall–Kier alpha value is -2.48. The topological polar surface area (TPSA) is 58.6 Å². The van der Waals surface area contributed by atoms with E-state index in [0.29, 0.717) is 18.0 Å². The van der Waals surface area contributed by atoms with Crippen molar-refractivity contribution in [2.24, 2.45) is 0 Å². The number of hydrogen-bond acceptors (Lipinski definition) is 3. The van der Waals surface area contributed by atoms with Crippen LogP contribution in [0.1, 0.15) is 6.42 Å². The molecule has 1 aliphatic heterocycles. The van der Waals surface area contributed by atoms with Gasteiger partial charge in [0.2, 0.25) is 5.91 Å². The highest BCUT2D eigenvalue weighted by molar-refractivity contribution is 5.98. The summed E-state index contributed by atoms with van der Waals surface area (Å²) in [6, 6.07) is 7.26. The molecule has 1 aliphatic rings. The predicted molar refractivity (Wildman–Crippen MR) is 70.7 cm³/mol. The molecule has 0 saturated heterocycles. The molecule has 0 radical (unpaired) electrons. The first-order valence-electron chi connectivity index (χ1n) is 5.94. The van der Waals surface area contributed by atoms with Crippen LogP contribution in [0.2, 0.25) is 0 Å². The number of carbonyl (C=O) groups is 2. The van der Waals surface area contributed by atoms with Crippen LogP contribution in [0.15, 0.2) is 24.3 Å². The number of hydrogen-bond donors (Lipinski definition) is 1. The van der Waals surface area contributed by atoms with Crippen LogP contribution >= 0.6 is 0 Å². The molecule has 1 aromatic carbocycles. The Bertz CT molecular complexity index is 534. The summed E-state index contributed by atoms with van der Waals surface area (Å²) in [6.45, 7) is 0.519. The number of carbonyl (C=O) groups excluding carboxylic acids is 2. The second kappa shape index (κ2) is 5.91. The number of nitrogens with zero attached hydrogens (tertiary/aromatic N) is 1. The Kier molecular flexibility index (Phi) is 4.04. The Labute approximate surface area is 111 Å². The van der Waals surface area contributed by atoms with Crippen LogP contribution in [-0.4, -0.2) is 31.5 Å². The van der Waals surface area contributed by atoms with Gasteiger partial charge >= 0.3 is 0 Å². The fourth-order valence-electron chi connectivity index (χ4n) is 1.85. The van der Waals surface area contributed by atoms with Crippen molar-refractivity contribution < 1.29 is 14.3 Å². The first kappa shape index (κ1) is 13.0. The molecule has 5 heteroatoms. The Morgan fingerprint density at radius 2 is 2.26 bits per heavy atom. The first-order chi connectivity index (χ1) is 9.22. The molecular formula is C14H14N2O3. The molecule has 0 fully saturated rings.